The van der Waals surface area contributed by atoms with Crippen LogP contribution in [-0.2, 0) is 0 Å². The third kappa shape index (κ3) is 3.97. The topological polar surface area (TPSA) is 15.3 Å². The highest BCUT2D eigenvalue weighted by Crippen LogP contribution is 2.24. The summed E-state index contributed by atoms with van der Waals surface area (Å²) < 4.78 is 0. The fourth-order valence-corrected chi connectivity index (χ4v) is 3.45. The quantitative estimate of drug-likeness (QED) is 0.782. The Hall–Kier alpha value is 0.560. The average Bonchev–Trinajstić information content (AvgIpc) is 2.49. The van der Waals surface area contributed by atoms with E-state index in [4.69, 9.17) is 0 Å². The van der Waals surface area contributed by atoms with Crippen LogP contribution in [0.2, 0.25) is 0 Å². The van der Waals surface area contributed by atoms with E-state index in [1.807, 2.05) is 0 Å². The molecule has 0 aromatic rings. The van der Waals surface area contributed by atoms with E-state index in [-0.39, 0.29) is 12.4 Å². The molecule has 2 rings (SSSR count). The number of rotatable bonds is 2. The molecule has 1 N–H and O–H groups in total. The smallest absolute Gasteiger partial charge is 0.0107 e. The molecule has 2 aliphatic heterocycles. The summed E-state index contributed by atoms with van der Waals surface area (Å²) in [6.45, 7) is 6.35. The van der Waals surface area contributed by atoms with Crippen molar-refractivity contribution in [2.24, 2.45) is 5.92 Å². The number of halogens is 1. The Bertz CT molecular complexity index is 143. The van der Waals surface area contributed by atoms with Crippen molar-refractivity contribution in [1.82, 2.24) is 10.2 Å². The molecule has 0 amide bonds. The second kappa shape index (κ2) is 6.94. The van der Waals surface area contributed by atoms with Gasteiger partial charge in [0.05, 0.1) is 0 Å². The van der Waals surface area contributed by atoms with Crippen LogP contribution in [0.4, 0.5) is 0 Å². The zero-order valence-electron chi connectivity index (χ0n) is 8.71. The number of hydrogen-bond donors (Lipinski definition) is 1. The molecule has 2 fully saturated rings. The molecule has 0 aliphatic carbocycles. The van der Waals surface area contributed by atoms with Crippen LogP contribution >= 0.6 is 24.2 Å². The molecule has 0 aromatic carbocycles. The first-order valence-electron chi connectivity index (χ1n) is 5.46. The molecule has 1 atom stereocenters. The van der Waals surface area contributed by atoms with E-state index in [0.717, 1.165) is 5.92 Å². The number of nitrogens with zero attached hydrogens (tertiary/aromatic N) is 1. The normalized spacial score (nSPS) is 29.6. The molecule has 0 spiro atoms. The van der Waals surface area contributed by atoms with Gasteiger partial charge in [-0.25, -0.2) is 0 Å². The van der Waals surface area contributed by atoms with Crippen molar-refractivity contribution >= 4 is 24.2 Å². The maximum absolute atomic E-state index is 3.46. The van der Waals surface area contributed by atoms with Gasteiger partial charge >= 0.3 is 0 Å². The first kappa shape index (κ1) is 12.6. The zero-order chi connectivity index (χ0) is 8.93. The molecule has 2 nitrogen and oxygen atoms in total. The summed E-state index contributed by atoms with van der Waals surface area (Å²) in [6, 6.07) is 0. The van der Waals surface area contributed by atoms with Gasteiger partial charge in [-0.2, -0.15) is 11.8 Å². The lowest BCUT2D eigenvalue weighted by Crippen LogP contribution is -2.32. The van der Waals surface area contributed by atoms with E-state index in [2.05, 4.69) is 22.0 Å². The first-order valence-corrected chi connectivity index (χ1v) is 6.61. The fraction of sp³-hybridized carbons (Fsp3) is 1.00. The largest absolute Gasteiger partial charge is 0.315 e. The fourth-order valence-electron chi connectivity index (χ4n) is 2.18. The van der Waals surface area contributed by atoms with Gasteiger partial charge in [-0.3, -0.25) is 0 Å². The van der Waals surface area contributed by atoms with E-state index >= 15 is 0 Å². The summed E-state index contributed by atoms with van der Waals surface area (Å²) in [5.41, 5.74) is 0. The van der Waals surface area contributed by atoms with E-state index in [1.54, 1.807) is 0 Å². The summed E-state index contributed by atoms with van der Waals surface area (Å²) >= 11 is 2.13. The molecule has 4 heteroatoms. The second-order valence-corrected chi connectivity index (χ2v) is 5.28. The van der Waals surface area contributed by atoms with Gasteiger partial charge in [-0.1, -0.05) is 0 Å². The van der Waals surface area contributed by atoms with Gasteiger partial charge in [0, 0.05) is 19.6 Å². The lowest BCUT2D eigenvalue weighted by atomic mass is 10.1. The van der Waals surface area contributed by atoms with Crippen molar-refractivity contribution in [2.45, 2.75) is 12.8 Å². The standard InChI is InChI=1S/C10H20N2S.ClH/c1-3-11-4-6-12(5-1)8-10-2-7-13-9-10;/h10-11H,1-9H2;1H. The van der Waals surface area contributed by atoms with Crippen molar-refractivity contribution in [3.05, 3.63) is 0 Å². The van der Waals surface area contributed by atoms with Crippen LogP contribution < -0.4 is 5.32 Å². The van der Waals surface area contributed by atoms with Crippen LogP contribution in [0.25, 0.3) is 0 Å². The van der Waals surface area contributed by atoms with Crippen LogP contribution in [0, 0.1) is 5.92 Å². The number of hydrogen-bond acceptors (Lipinski definition) is 3. The van der Waals surface area contributed by atoms with Crippen LogP contribution in [0.15, 0.2) is 0 Å². The predicted molar refractivity (Wildman–Crippen MR) is 66.6 cm³/mol. The SMILES string of the molecule is C1CNCCN(CC2CCSC2)C1.Cl. The molecule has 0 saturated carbocycles. The summed E-state index contributed by atoms with van der Waals surface area (Å²) in [5, 5.41) is 3.46. The molecule has 14 heavy (non-hydrogen) atoms. The highest BCUT2D eigenvalue weighted by molar-refractivity contribution is 7.99. The minimum atomic E-state index is 0. The summed E-state index contributed by atoms with van der Waals surface area (Å²) in [4.78, 5) is 2.65. The Morgan fingerprint density at radius 1 is 1.29 bits per heavy atom. The first-order chi connectivity index (χ1) is 6.45. The molecule has 1 unspecified atom stereocenters. The Morgan fingerprint density at radius 2 is 2.21 bits per heavy atom. The summed E-state index contributed by atoms with van der Waals surface area (Å²) in [6.07, 6.45) is 2.79. The maximum atomic E-state index is 3.46. The molecule has 2 heterocycles. The van der Waals surface area contributed by atoms with Gasteiger partial charge in [0.25, 0.3) is 0 Å². The highest BCUT2D eigenvalue weighted by Gasteiger charge is 2.19. The monoisotopic (exact) mass is 236 g/mol. The Balaban J connectivity index is 0.000000980. The molecule has 0 bridgehead atoms. The van der Waals surface area contributed by atoms with E-state index in [9.17, 15) is 0 Å². The Kier molecular flexibility index (Phi) is 6.26. The third-order valence-corrected chi connectivity index (χ3v) is 4.20. The molecule has 2 aliphatic rings. The van der Waals surface area contributed by atoms with Crippen LogP contribution in [-0.4, -0.2) is 49.1 Å². The lowest BCUT2D eigenvalue weighted by molar-refractivity contribution is 0.254. The molecule has 0 radical (unpaired) electrons. The van der Waals surface area contributed by atoms with Crippen LogP contribution in [0.1, 0.15) is 12.8 Å². The minimum Gasteiger partial charge on any atom is -0.315 e. The van der Waals surface area contributed by atoms with E-state index in [0.29, 0.717) is 0 Å². The Labute approximate surface area is 97.6 Å². The zero-order valence-corrected chi connectivity index (χ0v) is 10.3. The van der Waals surface area contributed by atoms with E-state index in [1.165, 1.54) is 57.1 Å². The van der Waals surface area contributed by atoms with Crippen LogP contribution in [0.5, 0.6) is 0 Å². The molecular weight excluding hydrogens is 216 g/mol. The Morgan fingerprint density at radius 3 is 3.00 bits per heavy atom. The van der Waals surface area contributed by atoms with Gasteiger partial charge in [-0.15, -0.1) is 12.4 Å². The van der Waals surface area contributed by atoms with Gasteiger partial charge in [0.15, 0.2) is 0 Å². The van der Waals surface area contributed by atoms with Crippen molar-refractivity contribution in [1.29, 1.82) is 0 Å². The maximum Gasteiger partial charge on any atom is 0.0107 e. The number of nitrogens with one attached hydrogen (secondary N) is 1. The van der Waals surface area contributed by atoms with Crippen molar-refractivity contribution in [2.75, 3.05) is 44.2 Å². The van der Waals surface area contributed by atoms with Crippen molar-refractivity contribution < 1.29 is 0 Å². The van der Waals surface area contributed by atoms with Crippen molar-refractivity contribution in [3.63, 3.8) is 0 Å². The summed E-state index contributed by atoms with van der Waals surface area (Å²) in [7, 11) is 0. The van der Waals surface area contributed by atoms with Gasteiger partial charge < -0.3 is 10.2 Å². The predicted octanol–water partition coefficient (Wildman–Crippen LogP) is 1.46. The van der Waals surface area contributed by atoms with Gasteiger partial charge in [0.1, 0.15) is 0 Å². The van der Waals surface area contributed by atoms with Gasteiger partial charge in [-0.05, 0) is 43.4 Å². The number of thioether (sulfide) groups is 1. The van der Waals surface area contributed by atoms with Gasteiger partial charge in [0.2, 0.25) is 0 Å². The molecule has 2 saturated heterocycles. The van der Waals surface area contributed by atoms with Crippen LogP contribution in [0.3, 0.4) is 0 Å². The average molecular weight is 237 g/mol. The minimum absolute atomic E-state index is 0. The molecule has 0 aromatic heterocycles. The van der Waals surface area contributed by atoms with Crippen molar-refractivity contribution in [3.8, 4) is 0 Å². The summed E-state index contributed by atoms with van der Waals surface area (Å²) in [5.74, 6) is 3.80. The second-order valence-electron chi connectivity index (χ2n) is 4.13. The molecule has 84 valence electrons. The lowest BCUT2D eigenvalue weighted by Gasteiger charge is -2.22. The van der Waals surface area contributed by atoms with E-state index < -0.39 is 0 Å². The molecular formula is C10H21ClN2S. The highest BCUT2D eigenvalue weighted by atomic mass is 35.5. The third-order valence-electron chi connectivity index (χ3n) is 2.97.